The van der Waals surface area contributed by atoms with Crippen LogP contribution in [-0.2, 0) is 4.79 Å². The fourth-order valence-corrected chi connectivity index (χ4v) is 1.58. The van der Waals surface area contributed by atoms with Crippen molar-refractivity contribution in [2.75, 3.05) is 11.9 Å². The molecule has 0 N–H and O–H groups in total. The van der Waals surface area contributed by atoms with Gasteiger partial charge in [-0.05, 0) is 15.9 Å². The van der Waals surface area contributed by atoms with E-state index in [1.54, 1.807) is 7.05 Å². The largest absolute Gasteiger partial charge is 0.299 e. The van der Waals surface area contributed by atoms with Crippen LogP contribution in [0.4, 0.5) is 5.82 Å². The second-order valence-electron chi connectivity index (χ2n) is 2.04. The van der Waals surface area contributed by atoms with E-state index >= 15 is 0 Å². The summed E-state index contributed by atoms with van der Waals surface area (Å²) >= 11 is 4.68. The highest BCUT2D eigenvalue weighted by Crippen LogP contribution is 2.21. The minimum absolute atomic E-state index is 0.0113. The third-order valence-electron chi connectivity index (χ3n) is 1.28. The lowest BCUT2D eigenvalue weighted by Crippen LogP contribution is -2.22. The van der Waals surface area contributed by atoms with Crippen molar-refractivity contribution in [2.45, 2.75) is 6.92 Å². The van der Waals surface area contributed by atoms with E-state index in [0.29, 0.717) is 5.82 Å². The molecular weight excluding hydrogens is 228 g/mol. The molecule has 0 spiro atoms. The molecule has 1 rings (SSSR count). The zero-order valence-corrected chi connectivity index (χ0v) is 8.57. The summed E-state index contributed by atoms with van der Waals surface area (Å²) in [7, 11) is 1.70. The van der Waals surface area contributed by atoms with Gasteiger partial charge >= 0.3 is 0 Å². The van der Waals surface area contributed by atoms with Crippen molar-refractivity contribution in [3.63, 3.8) is 0 Å². The number of rotatable bonds is 1. The second kappa shape index (κ2) is 3.32. The molecule has 0 atom stereocenters. The first-order chi connectivity index (χ1) is 5.11. The summed E-state index contributed by atoms with van der Waals surface area (Å²) in [5, 5.41) is 1.82. The van der Waals surface area contributed by atoms with Crippen LogP contribution in [0.25, 0.3) is 0 Å². The summed E-state index contributed by atoms with van der Waals surface area (Å²) in [4.78, 5) is 16.4. The van der Waals surface area contributed by atoms with Crippen LogP contribution in [-0.4, -0.2) is 17.9 Å². The van der Waals surface area contributed by atoms with Gasteiger partial charge in [-0.1, -0.05) is 0 Å². The van der Waals surface area contributed by atoms with Gasteiger partial charge in [0.25, 0.3) is 0 Å². The highest BCUT2D eigenvalue weighted by molar-refractivity contribution is 9.11. The first kappa shape index (κ1) is 8.67. The predicted octanol–water partition coefficient (Wildman–Crippen LogP) is 1.89. The monoisotopic (exact) mass is 234 g/mol. The zero-order valence-electron chi connectivity index (χ0n) is 6.17. The second-order valence-corrected chi connectivity index (χ2v) is 4.17. The van der Waals surface area contributed by atoms with Crippen molar-refractivity contribution in [2.24, 2.45) is 0 Å². The predicted molar refractivity (Wildman–Crippen MR) is 48.9 cm³/mol. The first-order valence-corrected chi connectivity index (χ1v) is 4.64. The Balaban J connectivity index is 2.84. The summed E-state index contributed by atoms with van der Waals surface area (Å²) in [5.74, 6) is 0.678. The molecule has 60 valence electrons. The maximum absolute atomic E-state index is 10.8. The van der Waals surface area contributed by atoms with Crippen LogP contribution < -0.4 is 4.90 Å². The molecule has 0 fully saturated rings. The number of nitrogens with zero attached hydrogens (tertiary/aromatic N) is 2. The minimum Gasteiger partial charge on any atom is -0.299 e. The van der Waals surface area contributed by atoms with Crippen molar-refractivity contribution in [3.05, 3.63) is 9.30 Å². The van der Waals surface area contributed by atoms with E-state index in [-0.39, 0.29) is 5.91 Å². The van der Waals surface area contributed by atoms with Crippen LogP contribution in [0, 0.1) is 0 Å². The lowest BCUT2D eigenvalue weighted by molar-refractivity contribution is -0.116. The van der Waals surface area contributed by atoms with Crippen molar-refractivity contribution in [1.82, 2.24) is 4.98 Å². The van der Waals surface area contributed by atoms with Crippen molar-refractivity contribution in [1.29, 1.82) is 0 Å². The van der Waals surface area contributed by atoms with Crippen LogP contribution in [0.15, 0.2) is 9.30 Å². The van der Waals surface area contributed by atoms with Gasteiger partial charge in [-0.3, -0.25) is 9.69 Å². The van der Waals surface area contributed by atoms with E-state index in [1.807, 2.05) is 5.38 Å². The summed E-state index contributed by atoms with van der Waals surface area (Å²) in [6, 6.07) is 0. The molecule has 3 nitrogen and oxygen atoms in total. The third-order valence-corrected chi connectivity index (χ3v) is 2.63. The number of carbonyl (C=O) groups excluding carboxylic acids is 1. The molecule has 0 unspecified atom stereocenters. The van der Waals surface area contributed by atoms with Gasteiger partial charge in [0.2, 0.25) is 5.91 Å². The highest BCUT2D eigenvalue weighted by Gasteiger charge is 2.07. The molecule has 0 aliphatic rings. The van der Waals surface area contributed by atoms with Gasteiger partial charge in [-0.2, -0.15) is 0 Å². The lowest BCUT2D eigenvalue weighted by Gasteiger charge is -2.09. The Hall–Kier alpha value is -0.420. The van der Waals surface area contributed by atoms with E-state index < -0.39 is 0 Å². The summed E-state index contributed by atoms with van der Waals surface area (Å²) in [6.07, 6.45) is 0. The number of halogens is 1. The standard InChI is InChI=1S/C6H7BrN2OS/c1-4(10)9(2)5-3-11-6(7)8-5/h3H,1-2H3. The smallest absolute Gasteiger partial charge is 0.224 e. The number of hydrogen-bond acceptors (Lipinski definition) is 3. The highest BCUT2D eigenvalue weighted by atomic mass is 79.9. The van der Waals surface area contributed by atoms with Gasteiger partial charge in [-0.15, -0.1) is 11.3 Å². The van der Waals surface area contributed by atoms with E-state index in [0.717, 1.165) is 3.92 Å². The summed E-state index contributed by atoms with van der Waals surface area (Å²) in [6.45, 7) is 1.51. The Morgan fingerprint density at radius 2 is 2.45 bits per heavy atom. The van der Waals surface area contributed by atoms with Gasteiger partial charge in [0.1, 0.15) is 5.82 Å². The number of amides is 1. The molecule has 0 saturated carbocycles. The number of thiazole rings is 1. The molecule has 0 aliphatic heterocycles. The lowest BCUT2D eigenvalue weighted by atomic mass is 10.6. The molecule has 1 aromatic rings. The summed E-state index contributed by atoms with van der Waals surface area (Å²) < 4.78 is 0.792. The van der Waals surface area contributed by atoms with Crippen LogP contribution in [0.2, 0.25) is 0 Å². The van der Waals surface area contributed by atoms with E-state index in [2.05, 4.69) is 20.9 Å². The van der Waals surface area contributed by atoms with E-state index in [9.17, 15) is 4.79 Å². The Labute approximate surface area is 77.2 Å². The summed E-state index contributed by atoms with van der Waals surface area (Å²) in [5.41, 5.74) is 0. The van der Waals surface area contributed by atoms with Crippen LogP contribution >= 0.6 is 27.3 Å². The van der Waals surface area contributed by atoms with Gasteiger partial charge in [0.05, 0.1) is 0 Å². The van der Waals surface area contributed by atoms with Crippen LogP contribution in [0.1, 0.15) is 6.92 Å². The first-order valence-electron chi connectivity index (χ1n) is 2.96. The number of aromatic nitrogens is 1. The fraction of sp³-hybridized carbons (Fsp3) is 0.333. The van der Waals surface area contributed by atoms with Crippen molar-refractivity contribution >= 4 is 39.0 Å². The molecule has 5 heteroatoms. The quantitative estimate of drug-likeness (QED) is 0.744. The zero-order chi connectivity index (χ0) is 8.43. The van der Waals surface area contributed by atoms with Crippen molar-refractivity contribution in [3.8, 4) is 0 Å². The number of carbonyl (C=O) groups is 1. The normalized spacial score (nSPS) is 9.73. The maximum Gasteiger partial charge on any atom is 0.224 e. The fourth-order valence-electron chi connectivity index (χ4n) is 0.559. The SMILES string of the molecule is CC(=O)N(C)c1csc(Br)n1. The Morgan fingerprint density at radius 3 is 2.82 bits per heavy atom. The molecule has 11 heavy (non-hydrogen) atoms. The van der Waals surface area contributed by atoms with Gasteiger partial charge in [-0.25, -0.2) is 4.98 Å². The molecule has 1 aromatic heterocycles. The van der Waals surface area contributed by atoms with E-state index in [4.69, 9.17) is 0 Å². The molecule has 1 heterocycles. The average Bonchev–Trinajstić information content (AvgIpc) is 2.34. The molecule has 0 bridgehead atoms. The molecular formula is C6H7BrN2OS. The third kappa shape index (κ3) is 2.00. The molecule has 1 amide bonds. The Kier molecular flexibility index (Phi) is 2.62. The van der Waals surface area contributed by atoms with Gasteiger partial charge in [0, 0.05) is 19.4 Å². The Bertz CT molecular complexity index is 273. The van der Waals surface area contributed by atoms with E-state index in [1.165, 1.54) is 23.2 Å². The molecule has 0 aromatic carbocycles. The molecule has 0 radical (unpaired) electrons. The minimum atomic E-state index is -0.0113. The van der Waals surface area contributed by atoms with Gasteiger partial charge in [0.15, 0.2) is 3.92 Å². The van der Waals surface area contributed by atoms with Crippen LogP contribution in [0.5, 0.6) is 0 Å². The molecule has 0 aliphatic carbocycles. The topological polar surface area (TPSA) is 33.2 Å². The molecule has 0 saturated heterocycles. The number of hydrogen-bond donors (Lipinski definition) is 0. The van der Waals surface area contributed by atoms with Gasteiger partial charge < -0.3 is 0 Å². The maximum atomic E-state index is 10.8. The Morgan fingerprint density at radius 1 is 1.82 bits per heavy atom. The number of anilines is 1. The van der Waals surface area contributed by atoms with Crippen LogP contribution in [0.3, 0.4) is 0 Å². The van der Waals surface area contributed by atoms with Crippen molar-refractivity contribution < 1.29 is 4.79 Å². The average molecular weight is 235 g/mol.